The number of nitrogens with one attached hydrogen (secondary N) is 1. The molecule has 1 unspecified atom stereocenters. The van der Waals surface area contributed by atoms with Gasteiger partial charge < -0.3 is 5.32 Å². The molecule has 0 heterocycles. The molecule has 0 aliphatic heterocycles. The molecule has 1 N–H and O–H groups in total. The molecule has 0 saturated heterocycles. The van der Waals surface area contributed by atoms with Crippen molar-refractivity contribution in [1.29, 1.82) is 0 Å². The number of carbonyl (C=O) groups excluding carboxylic acids is 1. The molecule has 0 aliphatic rings. The summed E-state index contributed by atoms with van der Waals surface area (Å²) in [7, 11) is -3.78. The van der Waals surface area contributed by atoms with Gasteiger partial charge in [-0.05, 0) is 61.0 Å². The van der Waals surface area contributed by atoms with E-state index in [0.29, 0.717) is 11.3 Å². The Balaban J connectivity index is 1.79. The topological polar surface area (TPSA) is 66.5 Å². The maximum Gasteiger partial charge on any atom is 0.264 e. The van der Waals surface area contributed by atoms with Crippen LogP contribution in [-0.4, -0.2) is 20.9 Å². The number of amides is 1. The Morgan fingerprint density at radius 1 is 1.03 bits per heavy atom. The maximum atomic E-state index is 13.1. The minimum Gasteiger partial charge on any atom is -0.346 e. The number of nitrogens with zero attached hydrogens (tertiary/aromatic N) is 1. The van der Waals surface area contributed by atoms with E-state index in [9.17, 15) is 17.6 Å². The van der Waals surface area contributed by atoms with Crippen LogP contribution in [0.25, 0.3) is 0 Å². The second kappa shape index (κ2) is 9.57. The molecule has 0 saturated carbocycles. The van der Waals surface area contributed by atoms with Gasteiger partial charge in [-0.25, -0.2) is 12.8 Å². The molecule has 1 amide bonds. The van der Waals surface area contributed by atoms with Crippen molar-refractivity contribution in [3.63, 3.8) is 0 Å². The molecular formula is C24H23FN2O3S. The molecule has 0 aliphatic carbocycles. The summed E-state index contributed by atoms with van der Waals surface area (Å²) in [5, 5.41) is 2.85. The van der Waals surface area contributed by atoms with E-state index in [-0.39, 0.29) is 29.2 Å². The maximum absolute atomic E-state index is 13.1. The van der Waals surface area contributed by atoms with Gasteiger partial charge in [-0.3, -0.25) is 9.10 Å². The van der Waals surface area contributed by atoms with E-state index in [1.54, 1.807) is 61.5 Å². The summed E-state index contributed by atoms with van der Waals surface area (Å²) in [6, 6.07) is 20.0. The zero-order valence-electron chi connectivity index (χ0n) is 17.0. The zero-order chi connectivity index (χ0) is 22.4. The van der Waals surface area contributed by atoms with Gasteiger partial charge in [0.15, 0.2) is 0 Å². The lowest BCUT2D eigenvalue weighted by Gasteiger charge is -2.23. The molecule has 0 bridgehead atoms. The minimum atomic E-state index is -3.78. The summed E-state index contributed by atoms with van der Waals surface area (Å²) in [5.41, 5.74) is 1.58. The number of halogens is 1. The van der Waals surface area contributed by atoms with Crippen LogP contribution in [0.1, 0.15) is 28.9 Å². The van der Waals surface area contributed by atoms with Crippen LogP contribution in [-0.2, 0) is 10.0 Å². The first-order chi connectivity index (χ1) is 14.8. The Morgan fingerprint density at radius 2 is 1.65 bits per heavy atom. The number of hydrogen-bond donors (Lipinski definition) is 1. The average molecular weight is 439 g/mol. The van der Waals surface area contributed by atoms with Gasteiger partial charge in [-0.2, -0.15) is 0 Å². The van der Waals surface area contributed by atoms with Crippen molar-refractivity contribution in [3.05, 3.63) is 108 Å². The van der Waals surface area contributed by atoms with E-state index in [1.165, 1.54) is 34.6 Å². The summed E-state index contributed by atoms with van der Waals surface area (Å²) in [4.78, 5) is 12.8. The lowest BCUT2D eigenvalue weighted by atomic mass is 10.1. The Kier molecular flexibility index (Phi) is 6.87. The highest BCUT2D eigenvalue weighted by Crippen LogP contribution is 2.24. The summed E-state index contributed by atoms with van der Waals surface area (Å²) in [5.74, 6) is -0.656. The molecule has 0 fully saturated rings. The second-order valence-corrected chi connectivity index (χ2v) is 8.79. The fourth-order valence-electron chi connectivity index (χ4n) is 3.07. The molecule has 31 heavy (non-hydrogen) atoms. The minimum absolute atomic E-state index is 0.0877. The van der Waals surface area contributed by atoms with Gasteiger partial charge >= 0.3 is 0 Å². The van der Waals surface area contributed by atoms with Crippen LogP contribution in [0.15, 0.2) is 96.4 Å². The van der Waals surface area contributed by atoms with Gasteiger partial charge in [0.25, 0.3) is 15.9 Å². The number of benzene rings is 3. The lowest BCUT2D eigenvalue weighted by molar-refractivity contribution is 0.0940. The standard InChI is InChI=1S/C24H23FN2O3S/c1-3-17-27(31(29,30)23-7-5-4-6-8-23)22-15-11-20(12-16-22)24(28)26-18(2)19-9-13-21(25)14-10-19/h3-16,18H,1,17H2,2H3,(H,26,28). The van der Waals surface area contributed by atoms with E-state index >= 15 is 0 Å². The Bertz CT molecular complexity index is 1150. The van der Waals surface area contributed by atoms with Crippen molar-refractivity contribution in [2.45, 2.75) is 17.9 Å². The molecule has 3 aromatic rings. The first kappa shape index (κ1) is 22.2. The molecule has 0 aromatic heterocycles. The second-order valence-electron chi connectivity index (χ2n) is 6.93. The molecule has 3 rings (SSSR count). The van der Waals surface area contributed by atoms with Gasteiger partial charge in [0.05, 0.1) is 23.2 Å². The van der Waals surface area contributed by atoms with E-state index < -0.39 is 10.0 Å². The molecule has 0 radical (unpaired) electrons. The van der Waals surface area contributed by atoms with Crippen molar-refractivity contribution in [1.82, 2.24) is 5.32 Å². The number of anilines is 1. The van der Waals surface area contributed by atoms with Crippen LogP contribution in [0.5, 0.6) is 0 Å². The molecule has 160 valence electrons. The summed E-state index contributed by atoms with van der Waals surface area (Å²) in [6.07, 6.45) is 1.51. The monoisotopic (exact) mass is 438 g/mol. The number of carbonyl (C=O) groups is 1. The Morgan fingerprint density at radius 3 is 2.23 bits per heavy atom. The molecule has 7 heteroatoms. The van der Waals surface area contributed by atoms with E-state index in [2.05, 4.69) is 11.9 Å². The molecule has 3 aromatic carbocycles. The highest BCUT2D eigenvalue weighted by Gasteiger charge is 2.24. The molecule has 0 spiro atoms. The van der Waals surface area contributed by atoms with Crippen molar-refractivity contribution >= 4 is 21.6 Å². The zero-order valence-corrected chi connectivity index (χ0v) is 17.8. The number of sulfonamides is 1. The third-order valence-corrected chi connectivity index (χ3v) is 6.57. The van der Waals surface area contributed by atoms with Gasteiger partial charge in [-0.15, -0.1) is 6.58 Å². The normalized spacial score (nSPS) is 12.1. The largest absolute Gasteiger partial charge is 0.346 e. The SMILES string of the molecule is C=CCN(c1ccc(C(=O)NC(C)c2ccc(F)cc2)cc1)S(=O)(=O)c1ccccc1. The lowest BCUT2D eigenvalue weighted by Crippen LogP contribution is -2.31. The van der Waals surface area contributed by atoms with Crippen LogP contribution in [0.4, 0.5) is 10.1 Å². The summed E-state index contributed by atoms with van der Waals surface area (Å²) in [6.45, 7) is 5.54. The average Bonchev–Trinajstić information content (AvgIpc) is 2.78. The fraction of sp³-hybridized carbons (Fsp3) is 0.125. The first-order valence-electron chi connectivity index (χ1n) is 9.68. The van der Waals surface area contributed by atoms with Crippen LogP contribution < -0.4 is 9.62 Å². The molecule has 1 atom stereocenters. The Labute approximate surface area is 181 Å². The van der Waals surface area contributed by atoms with Crippen LogP contribution in [0.2, 0.25) is 0 Å². The van der Waals surface area contributed by atoms with Gasteiger partial charge in [0, 0.05) is 5.56 Å². The van der Waals surface area contributed by atoms with Gasteiger partial charge in [0.2, 0.25) is 0 Å². The predicted octanol–water partition coefficient (Wildman–Crippen LogP) is 4.70. The van der Waals surface area contributed by atoms with Crippen molar-refractivity contribution in [2.75, 3.05) is 10.8 Å². The Hall–Kier alpha value is -3.45. The van der Waals surface area contributed by atoms with E-state index in [4.69, 9.17) is 0 Å². The third-order valence-electron chi connectivity index (χ3n) is 4.76. The quantitative estimate of drug-likeness (QED) is 0.519. The third kappa shape index (κ3) is 5.19. The highest BCUT2D eigenvalue weighted by molar-refractivity contribution is 7.92. The van der Waals surface area contributed by atoms with Crippen molar-refractivity contribution < 1.29 is 17.6 Å². The predicted molar refractivity (Wildman–Crippen MR) is 120 cm³/mol. The van der Waals surface area contributed by atoms with Crippen LogP contribution >= 0.6 is 0 Å². The number of hydrogen-bond acceptors (Lipinski definition) is 3. The van der Waals surface area contributed by atoms with Crippen LogP contribution in [0, 0.1) is 5.82 Å². The van der Waals surface area contributed by atoms with Gasteiger partial charge in [0.1, 0.15) is 5.82 Å². The first-order valence-corrected chi connectivity index (χ1v) is 11.1. The van der Waals surface area contributed by atoms with Crippen molar-refractivity contribution in [3.8, 4) is 0 Å². The van der Waals surface area contributed by atoms with E-state index in [0.717, 1.165) is 5.56 Å². The fourth-order valence-corrected chi connectivity index (χ4v) is 4.53. The number of rotatable bonds is 8. The van der Waals surface area contributed by atoms with Gasteiger partial charge in [-0.1, -0.05) is 36.4 Å². The van der Waals surface area contributed by atoms with Crippen molar-refractivity contribution in [2.24, 2.45) is 0 Å². The van der Waals surface area contributed by atoms with Crippen LogP contribution in [0.3, 0.4) is 0 Å². The smallest absolute Gasteiger partial charge is 0.264 e. The molecule has 5 nitrogen and oxygen atoms in total. The molecular weight excluding hydrogens is 415 g/mol. The summed E-state index contributed by atoms with van der Waals surface area (Å²) < 4.78 is 40.4. The highest BCUT2D eigenvalue weighted by atomic mass is 32.2. The van der Waals surface area contributed by atoms with E-state index in [1.807, 2.05) is 0 Å². The summed E-state index contributed by atoms with van der Waals surface area (Å²) >= 11 is 0.